The zero-order valence-electron chi connectivity index (χ0n) is 9.62. The minimum absolute atomic E-state index is 0.0539. The minimum atomic E-state index is 0.0539. The van der Waals surface area contributed by atoms with Crippen molar-refractivity contribution in [3.8, 4) is 5.75 Å². The van der Waals surface area contributed by atoms with Crippen molar-refractivity contribution in [2.45, 2.75) is 11.8 Å². The average molecular weight is 366 g/mol. The fourth-order valence-electron chi connectivity index (χ4n) is 1.59. The van der Waals surface area contributed by atoms with Crippen LogP contribution in [0, 0.1) is 0 Å². The molecular formula is C13H11BrCl2OS. The van der Waals surface area contributed by atoms with Crippen molar-refractivity contribution in [1.82, 2.24) is 0 Å². The van der Waals surface area contributed by atoms with Gasteiger partial charge in [-0.2, -0.15) is 0 Å². The zero-order chi connectivity index (χ0) is 13.1. The summed E-state index contributed by atoms with van der Waals surface area (Å²) in [7, 11) is 0. The van der Waals surface area contributed by atoms with Gasteiger partial charge in [-0.25, -0.2) is 0 Å². The van der Waals surface area contributed by atoms with E-state index >= 15 is 0 Å². The predicted octanol–water partition coefficient (Wildman–Crippen LogP) is 5.94. The van der Waals surface area contributed by atoms with Gasteiger partial charge in [-0.05, 0) is 30.0 Å². The second kappa shape index (κ2) is 6.29. The Morgan fingerprint density at radius 2 is 2.11 bits per heavy atom. The monoisotopic (exact) mass is 364 g/mol. The molecule has 96 valence electrons. The summed E-state index contributed by atoms with van der Waals surface area (Å²) >= 11 is 17.8. The number of thiophene rings is 1. The van der Waals surface area contributed by atoms with Crippen LogP contribution in [0.3, 0.4) is 0 Å². The smallest absolute Gasteiger partial charge is 0.139 e. The molecule has 0 bridgehead atoms. The van der Waals surface area contributed by atoms with E-state index in [1.54, 1.807) is 17.4 Å². The van der Waals surface area contributed by atoms with Gasteiger partial charge in [-0.15, -0.1) is 11.3 Å². The van der Waals surface area contributed by atoms with E-state index in [-0.39, 0.29) is 4.83 Å². The van der Waals surface area contributed by atoms with E-state index in [0.717, 1.165) is 5.56 Å². The van der Waals surface area contributed by atoms with Gasteiger partial charge < -0.3 is 4.74 Å². The van der Waals surface area contributed by atoms with Crippen molar-refractivity contribution in [2.75, 3.05) is 6.61 Å². The summed E-state index contributed by atoms with van der Waals surface area (Å²) < 4.78 is 5.41. The summed E-state index contributed by atoms with van der Waals surface area (Å²) in [5.74, 6) is 0.624. The number of ether oxygens (including phenoxy) is 1. The topological polar surface area (TPSA) is 9.23 Å². The third kappa shape index (κ3) is 3.02. The fourth-order valence-corrected chi connectivity index (χ4v) is 3.79. The molecule has 2 rings (SSSR count). The number of halogens is 3. The van der Waals surface area contributed by atoms with Crippen molar-refractivity contribution in [3.63, 3.8) is 0 Å². The van der Waals surface area contributed by atoms with Crippen LogP contribution in [0.1, 0.15) is 22.2 Å². The highest BCUT2D eigenvalue weighted by Gasteiger charge is 2.17. The van der Waals surface area contributed by atoms with Crippen molar-refractivity contribution in [1.29, 1.82) is 0 Å². The molecule has 0 aliphatic heterocycles. The van der Waals surface area contributed by atoms with Crippen LogP contribution in [0.5, 0.6) is 5.75 Å². The quantitative estimate of drug-likeness (QED) is 0.609. The van der Waals surface area contributed by atoms with Gasteiger partial charge in [-0.1, -0.05) is 45.2 Å². The maximum Gasteiger partial charge on any atom is 0.139 e. The first kappa shape index (κ1) is 14.2. The molecule has 0 fully saturated rings. The van der Waals surface area contributed by atoms with E-state index in [9.17, 15) is 0 Å². The Balaban J connectivity index is 2.37. The summed E-state index contributed by atoms with van der Waals surface area (Å²) in [6, 6.07) is 7.70. The third-order valence-corrected chi connectivity index (χ3v) is 5.27. The van der Waals surface area contributed by atoms with Crippen molar-refractivity contribution < 1.29 is 4.74 Å². The van der Waals surface area contributed by atoms with E-state index < -0.39 is 0 Å². The van der Waals surface area contributed by atoms with E-state index in [2.05, 4.69) is 22.0 Å². The molecule has 0 aliphatic rings. The van der Waals surface area contributed by atoms with Crippen LogP contribution >= 0.6 is 50.5 Å². The Morgan fingerprint density at radius 1 is 1.33 bits per heavy atom. The average Bonchev–Trinajstić information content (AvgIpc) is 2.86. The Hall–Kier alpha value is -0.220. The second-order valence-corrected chi connectivity index (χ2v) is 6.32. The number of alkyl halides is 1. The first-order valence-corrected chi connectivity index (χ1v) is 7.97. The van der Waals surface area contributed by atoms with Crippen LogP contribution in [0.25, 0.3) is 0 Å². The normalized spacial score (nSPS) is 12.4. The Labute approximate surface area is 129 Å². The summed E-state index contributed by atoms with van der Waals surface area (Å²) in [6.07, 6.45) is 0. The molecule has 1 aromatic carbocycles. The number of hydrogen-bond acceptors (Lipinski definition) is 2. The van der Waals surface area contributed by atoms with Crippen molar-refractivity contribution in [3.05, 3.63) is 50.1 Å². The molecule has 1 unspecified atom stereocenters. The highest BCUT2D eigenvalue weighted by molar-refractivity contribution is 9.09. The van der Waals surface area contributed by atoms with E-state index in [4.69, 9.17) is 27.9 Å². The lowest BCUT2D eigenvalue weighted by Gasteiger charge is -2.13. The number of rotatable bonds is 4. The number of hydrogen-bond donors (Lipinski definition) is 0. The number of benzene rings is 1. The van der Waals surface area contributed by atoms with Crippen LogP contribution in [0.4, 0.5) is 0 Å². The second-order valence-electron chi connectivity index (χ2n) is 3.62. The maximum absolute atomic E-state index is 6.28. The highest BCUT2D eigenvalue weighted by atomic mass is 79.9. The lowest BCUT2D eigenvalue weighted by Crippen LogP contribution is -1.96. The van der Waals surface area contributed by atoms with Crippen molar-refractivity contribution in [2.24, 2.45) is 0 Å². The molecular weight excluding hydrogens is 355 g/mol. The van der Waals surface area contributed by atoms with Gasteiger partial charge in [0.05, 0.1) is 16.5 Å². The molecule has 1 aromatic heterocycles. The molecule has 0 radical (unpaired) electrons. The van der Waals surface area contributed by atoms with Crippen LogP contribution in [0.2, 0.25) is 10.0 Å². The molecule has 0 saturated carbocycles. The zero-order valence-corrected chi connectivity index (χ0v) is 13.5. The van der Waals surface area contributed by atoms with Gasteiger partial charge in [0, 0.05) is 16.0 Å². The largest absolute Gasteiger partial charge is 0.492 e. The Bertz CT molecular complexity index is 528. The molecule has 2 aromatic rings. The van der Waals surface area contributed by atoms with E-state index in [1.807, 2.05) is 24.4 Å². The third-order valence-electron chi connectivity index (χ3n) is 2.42. The van der Waals surface area contributed by atoms with Gasteiger partial charge >= 0.3 is 0 Å². The summed E-state index contributed by atoms with van der Waals surface area (Å²) in [4.78, 5) is 1.25. The first-order chi connectivity index (χ1) is 8.63. The summed E-state index contributed by atoms with van der Waals surface area (Å²) in [6.45, 7) is 2.48. The summed E-state index contributed by atoms with van der Waals surface area (Å²) in [5.41, 5.74) is 0.951. The predicted molar refractivity (Wildman–Crippen MR) is 82.7 cm³/mol. The SMILES string of the molecule is CCOc1cc(Cl)c(C(Br)c2cccs2)cc1Cl. The van der Waals surface area contributed by atoms with Gasteiger partial charge in [0.1, 0.15) is 5.75 Å². The van der Waals surface area contributed by atoms with Crippen LogP contribution < -0.4 is 4.74 Å². The van der Waals surface area contributed by atoms with Gasteiger partial charge in [0.2, 0.25) is 0 Å². The van der Waals surface area contributed by atoms with Gasteiger partial charge in [-0.3, -0.25) is 0 Å². The molecule has 0 spiro atoms. The van der Waals surface area contributed by atoms with Crippen LogP contribution in [-0.2, 0) is 0 Å². The van der Waals surface area contributed by atoms with Gasteiger partial charge in [0.15, 0.2) is 0 Å². The van der Waals surface area contributed by atoms with E-state index in [1.165, 1.54) is 4.88 Å². The summed E-state index contributed by atoms with van der Waals surface area (Å²) in [5, 5.41) is 3.27. The molecule has 0 saturated heterocycles. The molecule has 0 aliphatic carbocycles. The standard InChI is InChI=1S/C13H11BrCl2OS/c1-2-17-11-7-9(15)8(6-10(11)16)13(14)12-4-3-5-18-12/h3-7,13H,2H2,1H3. The highest BCUT2D eigenvalue weighted by Crippen LogP contribution is 2.41. The Kier molecular flexibility index (Phi) is 4.96. The molecule has 1 heterocycles. The van der Waals surface area contributed by atoms with Gasteiger partial charge in [0.25, 0.3) is 0 Å². The first-order valence-electron chi connectivity index (χ1n) is 5.42. The van der Waals surface area contributed by atoms with Crippen LogP contribution in [-0.4, -0.2) is 6.61 Å². The fraction of sp³-hybridized carbons (Fsp3) is 0.231. The van der Waals surface area contributed by atoms with E-state index in [0.29, 0.717) is 22.4 Å². The molecule has 18 heavy (non-hydrogen) atoms. The molecule has 0 N–H and O–H groups in total. The molecule has 0 amide bonds. The molecule has 5 heteroatoms. The lowest BCUT2D eigenvalue weighted by atomic mass is 10.1. The molecule has 1 nitrogen and oxygen atoms in total. The minimum Gasteiger partial charge on any atom is -0.492 e. The molecule has 1 atom stereocenters. The van der Waals surface area contributed by atoms with Crippen molar-refractivity contribution >= 4 is 50.5 Å². The maximum atomic E-state index is 6.28. The Morgan fingerprint density at radius 3 is 2.72 bits per heavy atom. The lowest BCUT2D eigenvalue weighted by molar-refractivity contribution is 0.340. The van der Waals surface area contributed by atoms with Crippen LogP contribution in [0.15, 0.2) is 29.6 Å².